The molecule has 3 heterocycles. The lowest BCUT2D eigenvalue weighted by molar-refractivity contribution is -0.173. The number of aliphatic hydroxyl groups excluding tert-OH is 1. The van der Waals surface area contributed by atoms with Gasteiger partial charge in [-0.05, 0) is 25.3 Å². The molecule has 2 aromatic rings. The molecule has 0 radical (unpaired) electrons. The molecule has 2 aliphatic rings. The third-order valence-electron chi connectivity index (χ3n) is 5.45. The summed E-state index contributed by atoms with van der Waals surface area (Å²) in [6, 6.07) is 12.3. The topological polar surface area (TPSA) is 58.5 Å². The predicted octanol–water partition coefficient (Wildman–Crippen LogP) is 3.04. The molecule has 2 fully saturated rings. The van der Waals surface area contributed by atoms with Crippen LogP contribution in [0.1, 0.15) is 43.0 Å². The number of benzene rings is 1. The van der Waals surface area contributed by atoms with Crippen LogP contribution in [0.2, 0.25) is 0 Å². The number of aryl methyl sites for hydroxylation is 1. The molecule has 1 N–H and O–H groups in total. The molecule has 0 unspecified atom stereocenters. The van der Waals surface area contributed by atoms with Gasteiger partial charge in [-0.3, -0.25) is 0 Å². The molecule has 132 valence electrons. The molecule has 0 saturated carbocycles. The van der Waals surface area contributed by atoms with Crippen LogP contribution in [0, 0.1) is 6.92 Å². The molecule has 0 bridgehead atoms. The Bertz CT molecular complexity index is 714. The average Bonchev–Trinajstić information content (AvgIpc) is 2.62. The maximum atomic E-state index is 10.5. The van der Waals surface area contributed by atoms with Crippen LogP contribution >= 0.6 is 0 Å². The van der Waals surface area contributed by atoms with E-state index in [-0.39, 0.29) is 17.8 Å². The van der Waals surface area contributed by atoms with E-state index in [1.807, 2.05) is 31.2 Å². The van der Waals surface area contributed by atoms with Gasteiger partial charge in [-0.15, -0.1) is 0 Å². The second kappa shape index (κ2) is 6.73. The molecule has 1 aromatic carbocycles. The Morgan fingerprint density at radius 3 is 2.64 bits per heavy atom. The highest BCUT2D eigenvalue weighted by Crippen LogP contribution is 2.43. The van der Waals surface area contributed by atoms with E-state index >= 15 is 0 Å². The molecule has 25 heavy (non-hydrogen) atoms. The smallest absolute Gasteiger partial charge is 0.132 e. The summed E-state index contributed by atoms with van der Waals surface area (Å²) in [5.41, 5.74) is 1.92. The molecule has 1 aromatic heterocycles. The zero-order valence-electron chi connectivity index (χ0n) is 14.6. The number of piperidine rings is 1. The molecule has 2 aliphatic heterocycles. The first-order chi connectivity index (χ1) is 12.1. The van der Waals surface area contributed by atoms with Gasteiger partial charge in [0.1, 0.15) is 12.1 Å². The summed E-state index contributed by atoms with van der Waals surface area (Å²) in [4.78, 5) is 10.9. The second-order valence-corrected chi connectivity index (χ2v) is 7.30. The van der Waals surface area contributed by atoms with E-state index in [1.165, 1.54) is 0 Å². The lowest BCUT2D eigenvalue weighted by atomic mass is 9.81. The Hall–Kier alpha value is -1.98. The number of aliphatic hydroxyl groups is 1. The van der Waals surface area contributed by atoms with Gasteiger partial charge in [-0.1, -0.05) is 30.3 Å². The molecular formula is C20H25N3O2. The highest BCUT2D eigenvalue weighted by Gasteiger charge is 2.43. The molecule has 5 nitrogen and oxygen atoms in total. The van der Waals surface area contributed by atoms with Crippen LogP contribution in [-0.4, -0.2) is 39.9 Å². The third-order valence-corrected chi connectivity index (χ3v) is 5.45. The molecule has 0 amide bonds. The molecule has 4 rings (SSSR count). The number of rotatable bonds is 2. The number of nitrogens with zero attached hydrogens (tertiary/aromatic N) is 3. The summed E-state index contributed by atoms with van der Waals surface area (Å²) in [7, 11) is 0. The summed E-state index contributed by atoms with van der Waals surface area (Å²) in [5.74, 6) is 0.985. The average molecular weight is 339 g/mol. The fourth-order valence-corrected chi connectivity index (χ4v) is 4.11. The Labute approximate surface area is 148 Å². The van der Waals surface area contributed by atoms with Crippen molar-refractivity contribution >= 4 is 5.82 Å². The Morgan fingerprint density at radius 1 is 1.16 bits per heavy atom. The zero-order valence-corrected chi connectivity index (χ0v) is 14.6. The van der Waals surface area contributed by atoms with Crippen molar-refractivity contribution in [3.05, 3.63) is 54.0 Å². The molecule has 2 saturated heterocycles. The summed E-state index contributed by atoms with van der Waals surface area (Å²) in [6.07, 6.45) is 4.55. The van der Waals surface area contributed by atoms with Crippen molar-refractivity contribution in [1.29, 1.82) is 0 Å². The molecular weight excluding hydrogens is 314 g/mol. The van der Waals surface area contributed by atoms with Crippen molar-refractivity contribution in [2.24, 2.45) is 0 Å². The SMILES string of the molecule is Cc1cc(N2CCC3(CC2)C[C@H](O)C[C@H](c2ccccc2)O3)ncn1. The number of hydrogen-bond donors (Lipinski definition) is 1. The van der Waals surface area contributed by atoms with Crippen LogP contribution in [-0.2, 0) is 4.74 Å². The van der Waals surface area contributed by atoms with Crippen molar-refractivity contribution in [3.63, 3.8) is 0 Å². The highest BCUT2D eigenvalue weighted by molar-refractivity contribution is 5.39. The van der Waals surface area contributed by atoms with Crippen LogP contribution in [0.5, 0.6) is 0 Å². The fraction of sp³-hybridized carbons (Fsp3) is 0.500. The molecule has 2 atom stereocenters. The standard InChI is InChI=1S/C20H25N3O2/c1-15-11-19(22-14-21-15)23-9-7-20(8-10-23)13-17(24)12-18(25-20)16-5-3-2-4-6-16/h2-6,11,14,17-18,24H,7-10,12-13H2,1H3/t17-,18-/m1/s1. The Balaban J connectivity index is 1.47. The van der Waals surface area contributed by atoms with Crippen LogP contribution in [0.25, 0.3) is 0 Å². The van der Waals surface area contributed by atoms with Crippen LogP contribution in [0.4, 0.5) is 5.82 Å². The number of aromatic nitrogens is 2. The van der Waals surface area contributed by atoms with Gasteiger partial charge in [0.05, 0.1) is 17.8 Å². The van der Waals surface area contributed by atoms with E-state index in [1.54, 1.807) is 6.33 Å². The minimum absolute atomic E-state index is 0.0159. The number of hydrogen-bond acceptors (Lipinski definition) is 5. The first-order valence-corrected chi connectivity index (χ1v) is 9.08. The lowest BCUT2D eigenvalue weighted by Gasteiger charge is -2.48. The van der Waals surface area contributed by atoms with E-state index in [9.17, 15) is 5.11 Å². The number of ether oxygens (including phenoxy) is 1. The van der Waals surface area contributed by atoms with E-state index in [0.717, 1.165) is 49.4 Å². The summed E-state index contributed by atoms with van der Waals surface area (Å²) in [6.45, 7) is 3.77. The van der Waals surface area contributed by atoms with Crippen molar-refractivity contribution < 1.29 is 9.84 Å². The van der Waals surface area contributed by atoms with Gasteiger partial charge in [-0.2, -0.15) is 0 Å². The normalized spacial score (nSPS) is 25.9. The van der Waals surface area contributed by atoms with Gasteiger partial charge < -0.3 is 14.7 Å². The lowest BCUT2D eigenvalue weighted by Crippen LogP contribution is -2.51. The van der Waals surface area contributed by atoms with Crippen molar-refractivity contribution in [2.45, 2.75) is 50.4 Å². The van der Waals surface area contributed by atoms with Crippen LogP contribution in [0.15, 0.2) is 42.7 Å². The van der Waals surface area contributed by atoms with Gasteiger partial charge in [0.25, 0.3) is 0 Å². The van der Waals surface area contributed by atoms with E-state index in [2.05, 4.69) is 27.0 Å². The van der Waals surface area contributed by atoms with Crippen LogP contribution < -0.4 is 4.90 Å². The zero-order chi connectivity index (χ0) is 17.3. The van der Waals surface area contributed by atoms with Gasteiger partial charge in [0.15, 0.2) is 0 Å². The maximum Gasteiger partial charge on any atom is 0.132 e. The summed E-state index contributed by atoms with van der Waals surface area (Å²) >= 11 is 0. The Morgan fingerprint density at radius 2 is 1.92 bits per heavy atom. The monoisotopic (exact) mass is 339 g/mol. The maximum absolute atomic E-state index is 10.5. The second-order valence-electron chi connectivity index (χ2n) is 7.30. The first kappa shape index (κ1) is 16.5. The highest BCUT2D eigenvalue weighted by atomic mass is 16.5. The van der Waals surface area contributed by atoms with Crippen molar-refractivity contribution in [3.8, 4) is 0 Å². The predicted molar refractivity (Wildman–Crippen MR) is 96.5 cm³/mol. The van der Waals surface area contributed by atoms with Crippen molar-refractivity contribution in [1.82, 2.24) is 9.97 Å². The summed E-state index contributed by atoms with van der Waals surface area (Å²) < 4.78 is 6.56. The van der Waals surface area contributed by atoms with Gasteiger partial charge in [0.2, 0.25) is 0 Å². The molecule has 0 aliphatic carbocycles. The number of anilines is 1. The van der Waals surface area contributed by atoms with Crippen molar-refractivity contribution in [2.75, 3.05) is 18.0 Å². The Kier molecular flexibility index (Phi) is 4.44. The quantitative estimate of drug-likeness (QED) is 0.911. The van der Waals surface area contributed by atoms with Gasteiger partial charge >= 0.3 is 0 Å². The van der Waals surface area contributed by atoms with Gasteiger partial charge in [-0.25, -0.2) is 9.97 Å². The minimum atomic E-state index is -0.299. The summed E-state index contributed by atoms with van der Waals surface area (Å²) in [5, 5.41) is 10.5. The third kappa shape index (κ3) is 3.53. The molecule has 5 heteroatoms. The van der Waals surface area contributed by atoms with E-state index in [4.69, 9.17) is 4.74 Å². The van der Waals surface area contributed by atoms with Crippen LogP contribution in [0.3, 0.4) is 0 Å². The minimum Gasteiger partial charge on any atom is -0.393 e. The largest absolute Gasteiger partial charge is 0.393 e. The van der Waals surface area contributed by atoms with E-state index in [0.29, 0.717) is 6.42 Å². The first-order valence-electron chi connectivity index (χ1n) is 9.08. The fourth-order valence-electron chi connectivity index (χ4n) is 4.11. The van der Waals surface area contributed by atoms with E-state index < -0.39 is 0 Å². The molecule has 1 spiro atoms. The van der Waals surface area contributed by atoms with Gasteiger partial charge in [0, 0.05) is 37.7 Å².